The molecule has 2 unspecified atom stereocenters. The van der Waals surface area contributed by atoms with Gasteiger partial charge in [0.25, 0.3) is 0 Å². The molecule has 1 saturated heterocycles. The Hall–Kier alpha value is -3.24. The fourth-order valence-corrected chi connectivity index (χ4v) is 4.31. The van der Waals surface area contributed by atoms with Gasteiger partial charge in [-0.2, -0.15) is 0 Å². The van der Waals surface area contributed by atoms with Crippen molar-refractivity contribution < 1.29 is 18.7 Å². The molecule has 2 heterocycles. The van der Waals surface area contributed by atoms with Crippen LogP contribution in [0.25, 0.3) is 11.4 Å². The van der Waals surface area contributed by atoms with Crippen LogP contribution in [0, 0.1) is 5.82 Å². The average Bonchev–Trinajstić information content (AvgIpc) is 3.46. The molecule has 0 aliphatic carbocycles. The summed E-state index contributed by atoms with van der Waals surface area (Å²) in [5, 5.41) is 13.4. The highest BCUT2D eigenvalue weighted by atomic mass is 32.2. The van der Waals surface area contributed by atoms with E-state index in [1.807, 2.05) is 10.6 Å². The van der Waals surface area contributed by atoms with Gasteiger partial charge in [-0.05, 0) is 56.2 Å². The third kappa shape index (κ3) is 5.96. The Balaban J connectivity index is 1.47. The Morgan fingerprint density at radius 3 is 2.64 bits per heavy atom. The molecule has 3 amide bonds. The van der Waals surface area contributed by atoms with Crippen molar-refractivity contribution in [3.8, 4) is 11.4 Å². The minimum Gasteiger partial charge on any atom is -0.376 e. The van der Waals surface area contributed by atoms with Crippen LogP contribution in [0.2, 0.25) is 0 Å². The van der Waals surface area contributed by atoms with E-state index in [2.05, 4.69) is 20.8 Å². The number of urea groups is 1. The Morgan fingerprint density at radius 2 is 1.94 bits per heavy atom. The fourth-order valence-electron chi connectivity index (χ4n) is 3.45. The summed E-state index contributed by atoms with van der Waals surface area (Å²) >= 11 is 1.20. The molecule has 1 aromatic heterocycles. The number of hydrogen-bond donors (Lipinski definition) is 2. The first-order valence-corrected chi connectivity index (χ1v) is 11.5. The molecule has 172 valence electrons. The number of aromatic nitrogens is 3. The Morgan fingerprint density at radius 1 is 1.18 bits per heavy atom. The van der Waals surface area contributed by atoms with Crippen molar-refractivity contribution in [2.24, 2.45) is 0 Å². The minimum absolute atomic E-state index is 0.0142. The second-order valence-corrected chi connectivity index (χ2v) is 8.94. The maximum atomic E-state index is 13.4. The second kappa shape index (κ2) is 10.6. The summed E-state index contributed by atoms with van der Waals surface area (Å²) in [5.41, 5.74) is 1.30. The Kier molecular flexibility index (Phi) is 7.36. The standard InChI is InChI=1S/C23H24FN5O3S/c1-15(21(30)26-22(31)25-18-6-3-2-4-7-18)33-23-28-27-20(16-9-11-17(24)12-10-16)29(23)14-19-8-5-13-32-19/h2-4,6-7,9-12,15,19H,5,8,13-14H2,1H3,(H2,25,26,30,31). The first-order valence-electron chi connectivity index (χ1n) is 10.6. The van der Waals surface area contributed by atoms with Gasteiger partial charge >= 0.3 is 6.03 Å². The number of rotatable bonds is 7. The van der Waals surface area contributed by atoms with Crippen molar-refractivity contribution >= 4 is 29.4 Å². The van der Waals surface area contributed by atoms with E-state index < -0.39 is 17.2 Å². The highest BCUT2D eigenvalue weighted by Gasteiger charge is 2.25. The van der Waals surface area contributed by atoms with E-state index in [9.17, 15) is 14.0 Å². The summed E-state index contributed by atoms with van der Waals surface area (Å²) in [6, 6.07) is 14.3. The third-order valence-corrected chi connectivity index (χ3v) is 6.23. The molecule has 2 aromatic carbocycles. The normalized spacial score (nSPS) is 16.4. The number of imide groups is 1. The summed E-state index contributed by atoms with van der Waals surface area (Å²) < 4.78 is 21.1. The van der Waals surface area contributed by atoms with Crippen molar-refractivity contribution in [3.05, 3.63) is 60.4 Å². The first-order chi connectivity index (χ1) is 16.0. The molecule has 2 N–H and O–H groups in total. The summed E-state index contributed by atoms with van der Waals surface area (Å²) in [5.74, 6) is -0.219. The maximum absolute atomic E-state index is 13.4. The minimum atomic E-state index is -0.611. The van der Waals surface area contributed by atoms with Crippen molar-refractivity contribution in [1.82, 2.24) is 20.1 Å². The number of anilines is 1. The molecule has 4 rings (SSSR count). The molecular weight excluding hydrogens is 445 g/mol. The van der Waals surface area contributed by atoms with Gasteiger partial charge in [-0.15, -0.1) is 10.2 Å². The molecule has 1 fully saturated rings. The van der Waals surface area contributed by atoms with E-state index in [4.69, 9.17) is 4.74 Å². The van der Waals surface area contributed by atoms with Gasteiger partial charge in [-0.25, -0.2) is 9.18 Å². The lowest BCUT2D eigenvalue weighted by atomic mass is 10.2. The van der Waals surface area contributed by atoms with Crippen LogP contribution in [-0.2, 0) is 16.1 Å². The number of benzene rings is 2. The highest BCUT2D eigenvalue weighted by Crippen LogP contribution is 2.29. The van der Waals surface area contributed by atoms with Crippen LogP contribution < -0.4 is 10.6 Å². The number of para-hydroxylation sites is 1. The van der Waals surface area contributed by atoms with Crippen molar-refractivity contribution in [2.75, 3.05) is 11.9 Å². The Bertz CT molecular complexity index is 1100. The molecule has 0 radical (unpaired) electrons. The number of carbonyl (C=O) groups is 2. The van der Waals surface area contributed by atoms with Gasteiger partial charge in [0, 0.05) is 17.9 Å². The first kappa shape index (κ1) is 22.9. The van der Waals surface area contributed by atoms with Gasteiger partial charge in [0.2, 0.25) is 5.91 Å². The van der Waals surface area contributed by atoms with Crippen LogP contribution in [0.4, 0.5) is 14.9 Å². The number of carbonyl (C=O) groups excluding carboxylic acids is 2. The lowest BCUT2D eigenvalue weighted by Crippen LogP contribution is -2.39. The van der Waals surface area contributed by atoms with E-state index >= 15 is 0 Å². The summed E-state index contributed by atoms with van der Waals surface area (Å²) in [7, 11) is 0. The molecule has 0 saturated carbocycles. The van der Waals surface area contributed by atoms with E-state index in [0.29, 0.717) is 35.4 Å². The quantitative estimate of drug-likeness (QED) is 0.506. The largest absolute Gasteiger partial charge is 0.376 e. The molecule has 10 heteroatoms. The molecule has 2 atom stereocenters. The lowest BCUT2D eigenvalue weighted by molar-refractivity contribution is -0.119. The van der Waals surface area contributed by atoms with Gasteiger partial charge in [-0.1, -0.05) is 30.0 Å². The molecule has 3 aromatic rings. The van der Waals surface area contributed by atoms with Gasteiger partial charge in [0.15, 0.2) is 11.0 Å². The molecule has 1 aliphatic rings. The zero-order valence-corrected chi connectivity index (χ0v) is 18.8. The number of nitrogens with one attached hydrogen (secondary N) is 2. The SMILES string of the molecule is CC(Sc1nnc(-c2ccc(F)cc2)n1CC1CCCO1)C(=O)NC(=O)Nc1ccccc1. The van der Waals surface area contributed by atoms with Crippen LogP contribution in [0.1, 0.15) is 19.8 Å². The number of nitrogens with zero attached hydrogens (tertiary/aromatic N) is 3. The predicted octanol–water partition coefficient (Wildman–Crippen LogP) is 4.09. The predicted molar refractivity (Wildman–Crippen MR) is 123 cm³/mol. The van der Waals surface area contributed by atoms with Gasteiger partial charge in [0.1, 0.15) is 5.82 Å². The van der Waals surface area contributed by atoms with Gasteiger partial charge in [-0.3, -0.25) is 14.7 Å². The molecule has 0 spiro atoms. The number of thioether (sulfide) groups is 1. The lowest BCUT2D eigenvalue weighted by Gasteiger charge is -2.16. The summed E-state index contributed by atoms with van der Waals surface area (Å²) in [6.07, 6.45) is 1.91. The van der Waals surface area contributed by atoms with Gasteiger partial charge in [0.05, 0.1) is 17.9 Å². The van der Waals surface area contributed by atoms with Crippen molar-refractivity contribution in [2.45, 2.75) is 42.8 Å². The van der Waals surface area contributed by atoms with Crippen LogP contribution >= 0.6 is 11.8 Å². The van der Waals surface area contributed by atoms with Crippen LogP contribution in [0.15, 0.2) is 59.8 Å². The smallest absolute Gasteiger partial charge is 0.325 e. The van der Waals surface area contributed by atoms with Crippen molar-refractivity contribution in [1.29, 1.82) is 0 Å². The fraction of sp³-hybridized carbons (Fsp3) is 0.304. The van der Waals surface area contributed by atoms with Crippen molar-refractivity contribution in [3.63, 3.8) is 0 Å². The third-order valence-electron chi connectivity index (χ3n) is 5.15. The number of amides is 3. The van der Waals surface area contributed by atoms with Gasteiger partial charge < -0.3 is 10.1 Å². The molecule has 33 heavy (non-hydrogen) atoms. The number of hydrogen-bond acceptors (Lipinski definition) is 6. The summed E-state index contributed by atoms with van der Waals surface area (Å²) in [6.45, 7) is 2.92. The summed E-state index contributed by atoms with van der Waals surface area (Å²) in [4.78, 5) is 24.8. The van der Waals surface area contributed by atoms with E-state index in [0.717, 1.165) is 12.8 Å². The molecule has 0 bridgehead atoms. The molecule has 1 aliphatic heterocycles. The maximum Gasteiger partial charge on any atom is 0.325 e. The molecular formula is C23H24FN5O3S. The van der Waals surface area contributed by atoms with Crippen LogP contribution in [-0.4, -0.2) is 44.7 Å². The number of halogens is 1. The van der Waals surface area contributed by atoms with E-state index in [1.54, 1.807) is 43.3 Å². The van der Waals surface area contributed by atoms with E-state index in [1.165, 1.54) is 23.9 Å². The zero-order chi connectivity index (χ0) is 23.2. The average molecular weight is 470 g/mol. The van der Waals surface area contributed by atoms with E-state index in [-0.39, 0.29) is 11.9 Å². The Labute approximate surface area is 194 Å². The van der Waals surface area contributed by atoms with Crippen LogP contribution in [0.3, 0.4) is 0 Å². The number of ether oxygens (including phenoxy) is 1. The highest BCUT2D eigenvalue weighted by molar-refractivity contribution is 8.00. The second-order valence-electron chi connectivity index (χ2n) is 7.63. The monoisotopic (exact) mass is 469 g/mol. The zero-order valence-electron chi connectivity index (χ0n) is 18.0. The molecule has 8 nitrogen and oxygen atoms in total. The topological polar surface area (TPSA) is 98.1 Å². The van der Waals surface area contributed by atoms with Crippen LogP contribution in [0.5, 0.6) is 0 Å².